The molecule has 0 unspecified atom stereocenters. The van der Waals surface area contributed by atoms with Crippen molar-refractivity contribution >= 4 is 33.0 Å². The Morgan fingerprint density at radius 1 is 1.36 bits per heavy atom. The van der Waals surface area contributed by atoms with Crippen molar-refractivity contribution in [3.63, 3.8) is 0 Å². The van der Waals surface area contributed by atoms with E-state index in [-0.39, 0.29) is 0 Å². The molecular weight excluding hydrogens is 180 g/mol. The van der Waals surface area contributed by atoms with E-state index >= 15 is 0 Å². The molecule has 0 spiro atoms. The number of fused-ring (bicyclic) bond motifs is 1. The second-order valence-corrected chi connectivity index (χ2v) is 3.52. The van der Waals surface area contributed by atoms with E-state index < -0.39 is 0 Å². The minimum atomic E-state index is 0.313. The minimum Gasteiger partial charge on any atom is -0.506 e. The van der Waals surface area contributed by atoms with Crippen molar-refractivity contribution in [1.82, 2.24) is 0 Å². The standard InChI is InChI=1S/C8H5ClOS/c9-6-3-1-2-5-7(10)4-11-8(5)6/h1-4,10H. The van der Waals surface area contributed by atoms with E-state index in [1.165, 1.54) is 11.3 Å². The molecular formula is C8H5ClOS. The van der Waals surface area contributed by atoms with Gasteiger partial charge in [-0.2, -0.15) is 0 Å². The van der Waals surface area contributed by atoms with Gasteiger partial charge in [0.2, 0.25) is 0 Å². The van der Waals surface area contributed by atoms with Crippen molar-refractivity contribution in [1.29, 1.82) is 0 Å². The van der Waals surface area contributed by atoms with Gasteiger partial charge in [0.1, 0.15) is 5.75 Å². The zero-order valence-corrected chi connectivity index (χ0v) is 7.12. The zero-order chi connectivity index (χ0) is 7.84. The number of hydrogen-bond acceptors (Lipinski definition) is 2. The predicted octanol–water partition coefficient (Wildman–Crippen LogP) is 3.26. The van der Waals surface area contributed by atoms with Crippen LogP contribution in [0.15, 0.2) is 23.6 Å². The Bertz CT molecular complexity index is 394. The van der Waals surface area contributed by atoms with Gasteiger partial charge in [-0.25, -0.2) is 0 Å². The van der Waals surface area contributed by atoms with E-state index in [4.69, 9.17) is 11.6 Å². The molecule has 0 aliphatic heterocycles. The summed E-state index contributed by atoms with van der Waals surface area (Å²) in [5.74, 6) is 0.313. The Balaban J connectivity index is 2.94. The molecule has 0 amide bonds. The summed E-state index contributed by atoms with van der Waals surface area (Å²) in [4.78, 5) is 0. The van der Waals surface area contributed by atoms with E-state index in [0.29, 0.717) is 10.8 Å². The highest BCUT2D eigenvalue weighted by Crippen LogP contribution is 2.35. The topological polar surface area (TPSA) is 20.2 Å². The average Bonchev–Trinajstić information content (AvgIpc) is 2.35. The van der Waals surface area contributed by atoms with Crippen LogP contribution in [-0.2, 0) is 0 Å². The number of thiophene rings is 1. The van der Waals surface area contributed by atoms with E-state index in [1.54, 1.807) is 5.38 Å². The Labute approximate surface area is 72.9 Å². The molecule has 0 aliphatic rings. The van der Waals surface area contributed by atoms with Crippen molar-refractivity contribution < 1.29 is 5.11 Å². The van der Waals surface area contributed by atoms with Gasteiger partial charge in [0.15, 0.2) is 0 Å². The molecule has 1 heterocycles. The lowest BCUT2D eigenvalue weighted by Crippen LogP contribution is -1.64. The minimum absolute atomic E-state index is 0.313. The molecule has 56 valence electrons. The van der Waals surface area contributed by atoms with Crippen LogP contribution in [0.4, 0.5) is 0 Å². The van der Waals surface area contributed by atoms with Crippen molar-refractivity contribution in [2.45, 2.75) is 0 Å². The van der Waals surface area contributed by atoms with Gasteiger partial charge >= 0.3 is 0 Å². The Hall–Kier alpha value is -0.730. The Kier molecular flexibility index (Phi) is 1.51. The highest BCUT2D eigenvalue weighted by atomic mass is 35.5. The second kappa shape index (κ2) is 2.40. The lowest BCUT2D eigenvalue weighted by Gasteiger charge is -1.91. The van der Waals surface area contributed by atoms with Crippen LogP contribution in [0.1, 0.15) is 0 Å². The summed E-state index contributed by atoms with van der Waals surface area (Å²) >= 11 is 7.33. The lowest BCUT2D eigenvalue weighted by atomic mass is 10.2. The van der Waals surface area contributed by atoms with Gasteiger partial charge in [0, 0.05) is 10.8 Å². The van der Waals surface area contributed by atoms with Crippen LogP contribution in [0.25, 0.3) is 10.1 Å². The second-order valence-electron chi connectivity index (χ2n) is 2.24. The first-order valence-electron chi connectivity index (χ1n) is 3.14. The van der Waals surface area contributed by atoms with Gasteiger partial charge in [-0.15, -0.1) is 11.3 Å². The first-order chi connectivity index (χ1) is 5.29. The third kappa shape index (κ3) is 0.988. The highest BCUT2D eigenvalue weighted by molar-refractivity contribution is 7.18. The van der Waals surface area contributed by atoms with Crippen LogP contribution in [0.3, 0.4) is 0 Å². The Morgan fingerprint density at radius 3 is 2.91 bits per heavy atom. The van der Waals surface area contributed by atoms with Crippen LogP contribution in [0, 0.1) is 0 Å². The van der Waals surface area contributed by atoms with Gasteiger partial charge in [-0.1, -0.05) is 17.7 Å². The van der Waals surface area contributed by atoms with Crippen molar-refractivity contribution in [2.24, 2.45) is 0 Å². The molecule has 1 aromatic heterocycles. The van der Waals surface area contributed by atoms with Crippen LogP contribution in [-0.4, -0.2) is 5.11 Å². The first-order valence-corrected chi connectivity index (χ1v) is 4.39. The maximum absolute atomic E-state index is 9.29. The maximum Gasteiger partial charge on any atom is 0.134 e. The number of hydrogen-bond donors (Lipinski definition) is 1. The van der Waals surface area contributed by atoms with Gasteiger partial charge in [-0.3, -0.25) is 0 Å². The number of benzene rings is 1. The third-order valence-electron chi connectivity index (χ3n) is 1.53. The quantitative estimate of drug-likeness (QED) is 0.667. The van der Waals surface area contributed by atoms with E-state index in [1.807, 2.05) is 18.2 Å². The summed E-state index contributed by atoms with van der Waals surface area (Å²) in [5, 5.41) is 12.5. The molecule has 11 heavy (non-hydrogen) atoms. The zero-order valence-electron chi connectivity index (χ0n) is 5.54. The smallest absolute Gasteiger partial charge is 0.134 e. The van der Waals surface area contributed by atoms with E-state index in [2.05, 4.69) is 0 Å². The molecule has 0 bridgehead atoms. The van der Waals surface area contributed by atoms with E-state index in [9.17, 15) is 5.11 Å². The third-order valence-corrected chi connectivity index (χ3v) is 2.98. The van der Waals surface area contributed by atoms with E-state index in [0.717, 1.165) is 10.1 Å². The van der Waals surface area contributed by atoms with Crippen molar-refractivity contribution in [3.8, 4) is 5.75 Å². The molecule has 0 saturated heterocycles. The van der Waals surface area contributed by atoms with Crippen LogP contribution in [0.2, 0.25) is 5.02 Å². The summed E-state index contributed by atoms with van der Waals surface area (Å²) in [5.41, 5.74) is 0. The Morgan fingerprint density at radius 2 is 2.18 bits per heavy atom. The largest absolute Gasteiger partial charge is 0.506 e. The molecule has 0 radical (unpaired) electrons. The molecule has 0 fully saturated rings. The SMILES string of the molecule is Oc1csc2c(Cl)cccc12. The van der Waals surface area contributed by atoms with Gasteiger partial charge in [0.25, 0.3) is 0 Å². The van der Waals surface area contributed by atoms with Crippen molar-refractivity contribution in [2.75, 3.05) is 0 Å². The van der Waals surface area contributed by atoms with Gasteiger partial charge in [0.05, 0.1) is 9.72 Å². The monoisotopic (exact) mass is 184 g/mol. The van der Waals surface area contributed by atoms with Gasteiger partial charge in [-0.05, 0) is 12.1 Å². The first kappa shape index (κ1) is 6.95. The van der Waals surface area contributed by atoms with Crippen molar-refractivity contribution in [3.05, 3.63) is 28.6 Å². The normalized spacial score (nSPS) is 10.6. The fourth-order valence-corrected chi connectivity index (χ4v) is 2.15. The summed E-state index contributed by atoms with van der Waals surface area (Å²) < 4.78 is 0.951. The summed E-state index contributed by atoms with van der Waals surface area (Å²) in [6.45, 7) is 0. The fraction of sp³-hybridized carbons (Fsp3) is 0. The number of halogens is 1. The van der Waals surface area contributed by atoms with Crippen LogP contribution < -0.4 is 0 Å². The number of aromatic hydroxyl groups is 1. The molecule has 1 aromatic carbocycles. The maximum atomic E-state index is 9.29. The average molecular weight is 185 g/mol. The molecule has 0 saturated carbocycles. The molecule has 1 nitrogen and oxygen atoms in total. The molecule has 0 aliphatic carbocycles. The fourth-order valence-electron chi connectivity index (χ4n) is 1.01. The summed E-state index contributed by atoms with van der Waals surface area (Å²) in [6.07, 6.45) is 0. The molecule has 0 atom stereocenters. The molecule has 1 N–H and O–H groups in total. The predicted molar refractivity (Wildman–Crippen MR) is 48.5 cm³/mol. The lowest BCUT2D eigenvalue weighted by molar-refractivity contribution is 0.483. The summed E-state index contributed by atoms with van der Waals surface area (Å²) in [7, 11) is 0. The van der Waals surface area contributed by atoms with Crippen LogP contribution >= 0.6 is 22.9 Å². The summed E-state index contributed by atoms with van der Waals surface area (Å²) in [6, 6.07) is 5.50. The molecule has 3 heteroatoms. The highest BCUT2D eigenvalue weighted by Gasteiger charge is 2.03. The van der Waals surface area contributed by atoms with Crippen LogP contribution in [0.5, 0.6) is 5.75 Å². The number of rotatable bonds is 0. The van der Waals surface area contributed by atoms with Gasteiger partial charge < -0.3 is 5.11 Å². The molecule has 2 rings (SSSR count). The molecule has 2 aromatic rings.